The van der Waals surface area contributed by atoms with E-state index in [-0.39, 0.29) is 31.6 Å². The van der Waals surface area contributed by atoms with E-state index in [1.165, 1.54) is 6.07 Å². The Morgan fingerprint density at radius 2 is 1.71 bits per heavy atom. The zero-order chi connectivity index (χ0) is 25.0. The number of phenolic OH excluding ortho intramolecular Hbond substituents is 1. The van der Waals surface area contributed by atoms with Gasteiger partial charge in [-0.2, -0.15) is 0 Å². The van der Waals surface area contributed by atoms with Gasteiger partial charge in [-0.25, -0.2) is 4.79 Å². The van der Waals surface area contributed by atoms with Gasteiger partial charge in [0.2, 0.25) is 11.8 Å². The molecular formula is C24H30N4O6. The average molecular weight is 471 g/mol. The van der Waals surface area contributed by atoms with Crippen LogP contribution in [0.4, 0.5) is 0 Å². The van der Waals surface area contributed by atoms with Gasteiger partial charge in [0.1, 0.15) is 17.8 Å². The lowest BCUT2D eigenvalue weighted by Crippen LogP contribution is -2.56. The molecule has 4 atom stereocenters. The number of phenols is 1. The number of fused-ring (bicyclic) bond motifs is 5. The molecule has 3 rings (SSSR count). The Bertz CT molecular complexity index is 1090. The molecule has 9 N–H and O–H groups in total. The van der Waals surface area contributed by atoms with Gasteiger partial charge < -0.3 is 37.4 Å². The van der Waals surface area contributed by atoms with Crippen molar-refractivity contribution in [1.82, 2.24) is 10.6 Å². The third kappa shape index (κ3) is 5.90. The summed E-state index contributed by atoms with van der Waals surface area (Å²) in [5.41, 5.74) is 15.1. The maximum absolute atomic E-state index is 13.0. The number of aliphatic hydroxyl groups excluding tert-OH is 1. The molecule has 34 heavy (non-hydrogen) atoms. The number of nitrogens with two attached hydrogens (primary N) is 2. The van der Waals surface area contributed by atoms with Gasteiger partial charge in [0.15, 0.2) is 0 Å². The summed E-state index contributed by atoms with van der Waals surface area (Å²) in [5.74, 6) is -2.72. The number of aliphatic hydroxyl groups is 1. The van der Waals surface area contributed by atoms with Gasteiger partial charge in [-0.05, 0) is 46.9 Å². The predicted octanol–water partition coefficient (Wildman–Crippen LogP) is -0.443. The van der Waals surface area contributed by atoms with Crippen molar-refractivity contribution in [2.75, 3.05) is 6.54 Å². The number of hydrogen-bond donors (Lipinski definition) is 7. The molecule has 2 aromatic carbocycles. The van der Waals surface area contributed by atoms with Crippen molar-refractivity contribution in [3.63, 3.8) is 0 Å². The van der Waals surface area contributed by atoms with Crippen LogP contribution in [0.25, 0.3) is 11.1 Å². The van der Waals surface area contributed by atoms with Crippen LogP contribution in [0, 0.1) is 6.92 Å². The number of carboxylic acids is 1. The third-order valence-corrected chi connectivity index (χ3v) is 5.99. The second-order valence-corrected chi connectivity index (χ2v) is 8.59. The summed E-state index contributed by atoms with van der Waals surface area (Å²) in [5, 5.41) is 35.0. The number of aromatic hydroxyl groups is 1. The highest BCUT2D eigenvalue weighted by molar-refractivity contribution is 5.92. The van der Waals surface area contributed by atoms with E-state index in [9.17, 15) is 29.7 Å². The normalized spacial score (nSPS) is 22.1. The monoisotopic (exact) mass is 470 g/mol. The second kappa shape index (κ2) is 10.6. The van der Waals surface area contributed by atoms with E-state index in [4.69, 9.17) is 11.5 Å². The molecule has 1 heterocycles. The Kier molecular flexibility index (Phi) is 7.87. The van der Waals surface area contributed by atoms with Crippen LogP contribution in [-0.2, 0) is 27.2 Å². The molecule has 0 spiro atoms. The molecule has 1 aliphatic heterocycles. The Morgan fingerprint density at radius 3 is 2.35 bits per heavy atom. The van der Waals surface area contributed by atoms with E-state index in [0.29, 0.717) is 11.1 Å². The molecule has 10 heteroatoms. The molecule has 10 nitrogen and oxygen atoms in total. The number of amides is 2. The van der Waals surface area contributed by atoms with Crippen molar-refractivity contribution >= 4 is 17.8 Å². The van der Waals surface area contributed by atoms with Gasteiger partial charge in [0.25, 0.3) is 0 Å². The van der Waals surface area contributed by atoms with Crippen LogP contribution < -0.4 is 22.1 Å². The number of carboxylic acid groups (broad SMARTS) is 1. The average Bonchev–Trinajstić information content (AvgIpc) is 2.79. The van der Waals surface area contributed by atoms with E-state index in [2.05, 4.69) is 10.6 Å². The van der Waals surface area contributed by atoms with E-state index in [1.807, 2.05) is 25.1 Å². The molecule has 0 saturated heterocycles. The van der Waals surface area contributed by atoms with Gasteiger partial charge in [-0.3, -0.25) is 9.59 Å². The summed E-state index contributed by atoms with van der Waals surface area (Å²) in [7, 11) is 0. The molecule has 182 valence electrons. The van der Waals surface area contributed by atoms with Crippen molar-refractivity contribution in [1.29, 1.82) is 0 Å². The number of hydrogen-bond acceptors (Lipinski definition) is 7. The minimum Gasteiger partial charge on any atom is -0.508 e. The maximum atomic E-state index is 13.0. The summed E-state index contributed by atoms with van der Waals surface area (Å²) in [6.45, 7) is 1.69. The summed E-state index contributed by atoms with van der Waals surface area (Å²) >= 11 is 0. The van der Waals surface area contributed by atoms with Gasteiger partial charge in [-0.1, -0.05) is 24.3 Å². The van der Waals surface area contributed by atoms with Crippen LogP contribution in [0.15, 0.2) is 36.4 Å². The summed E-state index contributed by atoms with van der Waals surface area (Å²) in [6, 6.07) is 6.89. The lowest BCUT2D eigenvalue weighted by molar-refractivity contribution is -0.142. The number of benzene rings is 2. The summed E-state index contributed by atoms with van der Waals surface area (Å²) in [4.78, 5) is 37.7. The molecule has 0 saturated carbocycles. The fourth-order valence-electron chi connectivity index (χ4n) is 3.90. The Balaban J connectivity index is 2.09. The second-order valence-electron chi connectivity index (χ2n) is 8.59. The predicted molar refractivity (Wildman–Crippen MR) is 125 cm³/mol. The molecule has 0 aliphatic carbocycles. The van der Waals surface area contributed by atoms with Crippen LogP contribution in [0.5, 0.6) is 5.75 Å². The highest BCUT2D eigenvalue weighted by atomic mass is 16.4. The quantitative estimate of drug-likeness (QED) is 0.313. The lowest BCUT2D eigenvalue weighted by Gasteiger charge is -2.24. The van der Waals surface area contributed by atoms with E-state index in [1.54, 1.807) is 12.1 Å². The fourth-order valence-corrected chi connectivity index (χ4v) is 3.90. The molecule has 0 radical (unpaired) electrons. The van der Waals surface area contributed by atoms with Crippen molar-refractivity contribution in [3.8, 4) is 16.9 Å². The lowest BCUT2D eigenvalue weighted by atomic mass is 9.94. The third-order valence-electron chi connectivity index (χ3n) is 5.99. The van der Waals surface area contributed by atoms with Crippen LogP contribution in [0.2, 0.25) is 0 Å². The number of carbonyl (C=O) groups is 3. The Morgan fingerprint density at radius 1 is 1.06 bits per heavy atom. The van der Waals surface area contributed by atoms with E-state index in [0.717, 1.165) is 16.7 Å². The van der Waals surface area contributed by atoms with Gasteiger partial charge >= 0.3 is 5.97 Å². The topological polar surface area (TPSA) is 188 Å². The molecule has 0 aromatic heterocycles. The highest BCUT2D eigenvalue weighted by Gasteiger charge is 2.30. The van der Waals surface area contributed by atoms with Gasteiger partial charge in [0, 0.05) is 25.8 Å². The molecular weight excluding hydrogens is 440 g/mol. The Labute approximate surface area is 197 Å². The first-order chi connectivity index (χ1) is 16.1. The van der Waals surface area contributed by atoms with Crippen molar-refractivity contribution in [3.05, 3.63) is 53.1 Å². The van der Waals surface area contributed by atoms with Gasteiger partial charge in [-0.15, -0.1) is 0 Å². The number of aliphatic carboxylic acids is 1. The summed E-state index contributed by atoms with van der Waals surface area (Å²) in [6.07, 6.45) is -1.32. The van der Waals surface area contributed by atoms with Crippen molar-refractivity contribution < 1.29 is 29.7 Å². The largest absolute Gasteiger partial charge is 0.508 e. The number of nitrogens with one attached hydrogen (secondary N) is 2. The van der Waals surface area contributed by atoms with Crippen LogP contribution in [0.1, 0.15) is 23.1 Å². The summed E-state index contributed by atoms with van der Waals surface area (Å²) < 4.78 is 0. The smallest absolute Gasteiger partial charge is 0.326 e. The Hall–Kier alpha value is -3.47. The number of rotatable bonds is 4. The minimum absolute atomic E-state index is 0.00421. The maximum Gasteiger partial charge on any atom is 0.326 e. The number of carbonyl (C=O) groups excluding carboxylic acids is 2. The first kappa shape index (κ1) is 25.2. The molecule has 2 amide bonds. The molecule has 0 unspecified atom stereocenters. The SMILES string of the molecule is Cc1ccc2cc1C[C@@H](C(=O)O)NC(=O)[C@H](C[C@@H](O)CN)NC(=O)[C@@H](N)Cc1cc-2ccc1O. The highest BCUT2D eigenvalue weighted by Crippen LogP contribution is 2.29. The molecule has 2 aromatic rings. The molecule has 4 bridgehead atoms. The van der Waals surface area contributed by atoms with Crippen LogP contribution in [0.3, 0.4) is 0 Å². The zero-order valence-electron chi connectivity index (χ0n) is 18.8. The standard InChI is InChI=1S/C24H30N4O6/c1-12-2-3-13-6-15(12)9-20(24(33)34)28-23(32)19(10-17(29)11-25)27-22(31)18(26)8-16-7-14(13)4-5-21(16)30/h2-7,17-20,29-30H,8-11,25-26H2,1H3,(H,27,31)(H,28,32)(H,33,34)/t17-,18+,19+,20+/m1/s1. The zero-order valence-corrected chi connectivity index (χ0v) is 18.8. The van der Waals surface area contributed by atoms with E-state index < -0.39 is 42.0 Å². The van der Waals surface area contributed by atoms with Crippen LogP contribution in [-0.4, -0.2) is 63.9 Å². The fraction of sp³-hybridized carbons (Fsp3) is 0.375. The molecule has 1 aliphatic rings. The molecule has 0 fully saturated rings. The minimum atomic E-state index is -1.27. The first-order valence-electron chi connectivity index (χ1n) is 11.0. The van der Waals surface area contributed by atoms with Crippen molar-refractivity contribution in [2.45, 2.75) is 50.4 Å². The van der Waals surface area contributed by atoms with Crippen LogP contribution >= 0.6 is 0 Å². The van der Waals surface area contributed by atoms with Gasteiger partial charge in [0.05, 0.1) is 12.1 Å². The number of aryl methyl sites for hydroxylation is 1. The van der Waals surface area contributed by atoms with Crippen molar-refractivity contribution in [2.24, 2.45) is 11.5 Å². The van der Waals surface area contributed by atoms with E-state index >= 15 is 0 Å². The first-order valence-corrected chi connectivity index (χ1v) is 11.0.